The lowest BCUT2D eigenvalue weighted by atomic mass is 10.1. The first-order chi connectivity index (χ1) is 7.11. The molecule has 0 saturated heterocycles. The first kappa shape index (κ1) is 9.71. The highest BCUT2D eigenvalue weighted by Crippen LogP contribution is 2.24. The normalized spacial score (nSPS) is 10.8. The van der Waals surface area contributed by atoms with Gasteiger partial charge in [-0.3, -0.25) is 4.79 Å². The first-order valence-corrected chi connectivity index (χ1v) is 4.81. The van der Waals surface area contributed by atoms with E-state index >= 15 is 0 Å². The minimum atomic E-state index is -0.0235. The van der Waals surface area contributed by atoms with Crippen LogP contribution < -0.4 is 5.73 Å². The summed E-state index contributed by atoms with van der Waals surface area (Å²) in [5.41, 5.74) is 8.02. The van der Waals surface area contributed by atoms with Gasteiger partial charge in [0.05, 0.1) is 5.69 Å². The number of nitrogen functional groups attached to an aromatic ring is 1. The number of hydrogen-bond donors (Lipinski definition) is 1. The molecule has 0 aliphatic heterocycles. The number of nitrogens with zero attached hydrogens (tertiary/aromatic N) is 1. The molecule has 4 heteroatoms. The summed E-state index contributed by atoms with van der Waals surface area (Å²) in [4.78, 5) is 15.4. The molecule has 0 spiro atoms. The van der Waals surface area contributed by atoms with Crippen LogP contribution in [-0.4, -0.2) is 10.8 Å². The van der Waals surface area contributed by atoms with Crippen LogP contribution in [0.15, 0.2) is 16.5 Å². The molecule has 1 aromatic carbocycles. The van der Waals surface area contributed by atoms with Gasteiger partial charge in [0.1, 0.15) is 5.52 Å². The number of aryl methyl sites for hydroxylation is 1. The van der Waals surface area contributed by atoms with E-state index in [0.717, 1.165) is 0 Å². The lowest BCUT2D eigenvalue weighted by molar-refractivity contribution is 0.101. The Kier molecular flexibility index (Phi) is 2.19. The van der Waals surface area contributed by atoms with E-state index in [4.69, 9.17) is 10.2 Å². The fourth-order valence-corrected chi connectivity index (χ4v) is 1.46. The number of anilines is 1. The monoisotopic (exact) mass is 204 g/mol. The van der Waals surface area contributed by atoms with Gasteiger partial charge in [0, 0.05) is 12.0 Å². The van der Waals surface area contributed by atoms with E-state index in [1.807, 2.05) is 6.92 Å². The first-order valence-electron chi connectivity index (χ1n) is 4.81. The van der Waals surface area contributed by atoms with Crippen molar-refractivity contribution < 1.29 is 9.21 Å². The number of ketones is 1. The van der Waals surface area contributed by atoms with Crippen molar-refractivity contribution in [3.63, 3.8) is 0 Å². The Balaban J connectivity index is 2.70. The Morgan fingerprint density at radius 2 is 2.27 bits per heavy atom. The van der Waals surface area contributed by atoms with Gasteiger partial charge in [-0.05, 0) is 19.1 Å². The van der Waals surface area contributed by atoms with E-state index in [1.54, 1.807) is 12.1 Å². The molecular weight excluding hydrogens is 192 g/mol. The van der Waals surface area contributed by atoms with Crippen molar-refractivity contribution in [3.8, 4) is 0 Å². The molecule has 0 aliphatic rings. The van der Waals surface area contributed by atoms with Crippen molar-refractivity contribution in [2.45, 2.75) is 20.3 Å². The van der Waals surface area contributed by atoms with Gasteiger partial charge in [0.2, 0.25) is 0 Å². The van der Waals surface area contributed by atoms with Crippen LogP contribution in [0.1, 0.15) is 30.1 Å². The Bertz CT molecular complexity index is 529. The summed E-state index contributed by atoms with van der Waals surface area (Å²) in [6.07, 6.45) is 0.712. The number of benzene rings is 1. The maximum Gasteiger partial charge on any atom is 0.195 e. The maximum atomic E-state index is 11.2. The Labute approximate surface area is 87.1 Å². The number of carbonyl (C=O) groups is 1. The zero-order chi connectivity index (χ0) is 11.0. The number of oxazole rings is 1. The predicted molar refractivity (Wildman–Crippen MR) is 57.8 cm³/mol. The molecule has 0 saturated carbocycles. The summed E-state index contributed by atoms with van der Waals surface area (Å²) in [5, 5.41) is 0. The second kappa shape index (κ2) is 3.38. The Hall–Kier alpha value is -1.84. The van der Waals surface area contributed by atoms with Crippen LogP contribution in [0.25, 0.3) is 11.1 Å². The topological polar surface area (TPSA) is 69.1 Å². The summed E-state index contributed by atoms with van der Waals surface area (Å²) >= 11 is 0. The molecule has 78 valence electrons. The van der Waals surface area contributed by atoms with Gasteiger partial charge in [-0.25, -0.2) is 4.98 Å². The van der Waals surface area contributed by atoms with Crippen molar-refractivity contribution in [1.29, 1.82) is 0 Å². The van der Waals surface area contributed by atoms with Gasteiger partial charge >= 0.3 is 0 Å². The van der Waals surface area contributed by atoms with Crippen LogP contribution in [-0.2, 0) is 6.42 Å². The SMILES string of the molecule is CCc1nc2cc(C(C)=O)cc(N)c2o1. The lowest BCUT2D eigenvalue weighted by Crippen LogP contribution is -1.95. The number of aromatic nitrogens is 1. The fraction of sp³-hybridized carbons (Fsp3) is 0.273. The molecule has 15 heavy (non-hydrogen) atoms. The predicted octanol–water partition coefficient (Wildman–Crippen LogP) is 2.17. The van der Waals surface area contributed by atoms with Gasteiger partial charge in [-0.1, -0.05) is 6.92 Å². The molecule has 2 aromatic rings. The van der Waals surface area contributed by atoms with Gasteiger partial charge in [-0.2, -0.15) is 0 Å². The number of Topliss-reactive ketones (excluding diaryl/α,β-unsaturated/α-hetero) is 1. The molecule has 2 rings (SSSR count). The van der Waals surface area contributed by atoms with Crippen molar-refractivity contribution in [2.75, 3.05) is 5.73 Å². The average Bonchev–Trinajstić information content (AvgIpc) is 2.61. The fourth-order valence-electron chi connectivity index (χ4n) is 1.46. The minimum Gasteiger partial charge on any atom is -0.439 e. The van der Waals surface area contributed by atoms with E-state index < -0.39 is 0 Å². The second-order valence-corrected chi connectivity index (χ2v) is 3.43. The number of hydrogen-bond acceptors (Lipinski definition) is 4. The molecule has 0 unspecified atom stereocenters. The zero-order valence-electron chi connectivity index (χ0n) is 8.70. The van der Waals surface area contributed by atoms with Crippen molar-refractivity contribution in [2.24, 2.45) is 0 Å². The third-order valence-corrected chi connectivity index (χ3v) is 2.27. The summed E-state index contributed by atoms with van der Waals surface area (Å²) in [5.74, 6) is 0.613. The van der Waals surface area contributed by atoms with Gasteiger partial charge in [-0.15, -0.1) is 0 Å². The molecule has 0 aliphatic carbocycles. The average molecular weight is 204 g/mol. The number of carbonyl (C=O) groups excluding carboxylic acids is 1. The molecule has 0 amide bonds. The quantitative estimate of drug-likeness (QED) is 0.601. The molecule has 1 heterocycles. The summed E-state index contributed by atoms with van der Waals surface area (Å²) in [6.45, 7) is 3.45. The standard InChI is InChI=1S/C11H12N2O2/c1-3-10-13-9-5-7(6(2)14)4-8(12)11(9)15-10/h4-5H,3,12H2,1-2H3. The van der Waals surface area contributed by atoms with Crippen LogP contribution in [0.4, 0.5) is 5.69 Å². The van der Waals surface area contributed by atoms with Crippen molar-refractivity contribution >= 4 is 22.6 Å². The summed E-state index contributed by atoms with van der Waals surface area (Å²) in [6, 6.07) is 3.33. The van der Waals surface area contributed by atoms with Gasteiger partial charge < -0.3 is 10.2 Å². The molecule has 1 aromatic heterocycles. The van der Waals surface area contributed by atoms with Crippen LogP contribution in [0.3, 0.4) is 0 Å². The highest BCUT2D eigenvalue weighted by atomic mass is 16.3. The Morgan fingerprint density at radius 3 is 2.87 bits per heavy atom. The molecule has 4 nitrogen and oxygen atoms in total. The van der Waals surface area contributed by atoms with Gasteiger partial charge in [0.15, 0.2) is 17.3 Å². The minimum absolute atomic E-state index is 0.0235. The second-order valence-electron chi connectivity index (χ2n) is 3.43. The molecule has 0 atom stereocenters. The molecule has 0 fully saturated rings. The van der Waals surface area contributed by atoms with Gasteiger partial charge in [0.25, 0.3) is 0 Å². The van der Waals surface area contributed by atoms with E-state index in [-0.39, 0.29) is 5.78 Å². The largest absolute Gasteiger partial charge is 0.439 e. The highest BCUT2D eigenvalue weighted by Gasteiger charge is 2.10. The van der Waals surface area contributed by atoms with Crippen LogP contribution >= 0.6 is 0 Å². The highest BCUT2D eigenvalue weighted by molar-refractivity contribution is 6.00. The number of fused-ring (bicyclic) bond motifs is 1. The molecule has 0 radical (unpaired) electrons. The van der Waals surface area contributed by atoms with Crippen LogP contribution in [0, 0.1) is 0 Å². The van der Waals surface area contributed by atoms with Crippen LogP contribution in [0.5, 0.6) is 0 Å². The van der Waals surface area contributed by atoms with E-state index in [9.17, 15) is 4.79 Å². The third kappa shape index (κ3) is 1.58. The number of rotatable bonds is 2. The molecule has 0 bridgehead atoms. The maximum absolute atomic E-state index is 11.2. The molecular formula is C11H12N2O2. The van der Waals surface area contributed by atoms with E-state index in [2.05, 4.69) is 4.98 Å². The lowest BCUT2D eigenvalue weighted by Gasteiger charge is -1.97. The summed E-state index contributed by atoms with van der Waals surface area (Å²) in [7, 11) is 0. The van der Waals surface area contributed by atoms with E-state index in [0.29, 0.717) is 34.7 Å². The van der Waals surface area contributed by atoms with Crippen molar-refractivity contribution in [3.05, 3.63) is 23.6 Å². The van der Waals surface area contributed by atoms with E-state index in [1.165, 1.54) is 6.92 Å². The smallest absolute Gasteiger partial charge is 0.195 e. The molecule has 2 N–H and O–H groups in total. The number of nitrogens with two attached hydrogens (primary N) is 1. The van der Waals surface area contributed by atoms with Crippen LogP contribution in [0.2, 0.25) is 0 Å². The third-order valence-electron chi connectivity index (χ3n) is 2.27. The zero-order valence-corrected chi connectivity index (χ0v) is 8.70. The Morgan fingerprint density at radius 1 is 1.53 bits per heavy atom. The van der Waals surface area contributed by atoms with Crippen molar-refractivity contribution in [1.82, 2.24) is 4.98 Å². The summed E-state index contributed by atoms with van der Waals surface area (Å²) < 4.78 is 5.44.